The Morgan fingerprint density at radius 1 is 1.12 bits per heavy atom. The van der Waals surface area contributed by atoms with E-state index in [1.807, 2.05) is 31.2 Å². The molecule has 1 heterocycles. The zero-order valence-corrected chi connectivity index (χ0v) is 19.8. The summed E-state index contributed by atoms with van der Waals surface area (Å²) in [7, 11) is 0. The van der Waals surface area contributed by atoms with Gasteiger partial charge in [-0.2, -0.15) is 0 Å². The zero-order valence-electron chi connectivity index (χ0n) is 18.2. The summed E-state index contributed by atoms with van der Waals surface area (Å²) in [4.78, 5) is 25.7. The lowest BCUT2D eigenvalue weighted by molar-refractivity contribution is -0.129. The third-order valence-electron chi connectivity index (χ3n) is 4.92. The molecule has 1 aliphatic rings. The second-order valence-corrected chi connectivity index (χ2v) is 8.99. The van der Waals surface area contributed by atoms with Crippen molar-refractivity contribution >= 4 is 46.1 Å². The molecule has 0 aromatic heterocycles. The molecule has 2 aromatic rings. The molecule has 0 bridgehead atoms. The second-order valence-electron chi connectivity index (χ2n) is 7.31. The molecule has 6 nitrogen and oxygen atoms in total. The molecule has 1 fully saturated rings. The third-order valence-corrected chi connectivity index (χ3v) is 6.29. The molecule has 1 amide bonds. The van der Waals surface area contributed by atoms with Crippen molar-refractivity contribution in [2.45, 2.75) is 27.4 Å². The molecule has 0 unspecified atom stereocenters. The Labute approximate surface area is 197 Å². The summed E-state index contributed by atoms with van der Waals surface area (Å²) in [5, 5.41) is 8.94. The number of nitrogens with zero attached hydrogens (tertiary/aromatic N) is 1. The molecule has 3 rings (SSSR count). The van der Waals surface area contributed by atoms with Crippen LogP contribution in [-0.4, -0.2) is 45.8 Å². The predicted octanol–water partition coefficient (Wildman–Crippen LogP) is 4.04. The van der Waals surface area contributed by atoms with Gasteiger partial charge >= 0.3 is 0 Å². The van der Waals surface area contributed by atoms with Crippen LogP contribution in [0.4, 0.5) is 0 Å². The van der Waals surface area contributed by atoms with E-state index in [2.05, 4.69) is 26.0 Å². The van der Waals surface area contributed by atoms with Crippen LogP contribution in [-0.2, 0) is 16.2 Å². The standard InChI is InChI=1S/C24H25NO5S2/c1-4-29-21-10-17(11-22-23(28)25(24(31)32-22)12-19(27)13-26)7-8-20(21)30-14-18-6-5-15(2)16(3)9-18/h5-11,26H,4,12-14H2,1-3H3/b22-11-. The highest BCUT2D eigenvalue weighted by Gasteiger charge is 2.33. The number of thioether (sulfide) groups is 1. The molecule has 1 aliphatic heterocycles. The maximum absolute atomic E-state index is 12.6. The number of benzene rings is 2. The molecule has 0 spiro atoms. The second kappa shape index (κ2) is 10.8. The number of hydrogen-bond acceptors (Lipinski definition) is 7. The number of carbonyl (C=O) groups excluding carboxylic acids is 2. The summed E-state index contributed by atoms with van der Waals surface area (Å²) in [6, 6.07) is 11.7. The summed E-state index contributed by atoms with van der Waals surface area (Å²) >= 11 is 6.34. The molecular weight excluding hydrogens is 446 g/mol. The van der Waals surface area contributed by atoms with Crippen molar-refractivity contribution in [3.8, 4) is 11.5 Å². The molecule has 32 heavy (non-hydrogen) atoms. The van der Waals surface area contributed by atoms with E-state index >= 15 is 0 Å². The van der Waals surface area contributed by atoms with E-state index in [1.165, 1.54) is 16.0 Å². The SMILES string of the molecule is CCOc1cc(/C=C2\SC(=S)N(CC(=O)CO)C2=O)ccc1OCc1ccc(C)c(C)c1. The van der Waals surface area contributed by atoms with Crippen LogP contribution in [0.1, 0.15) is 29.2 Å². The van der Waals surface area contributed by atoms with Gasteiger partial charge in [0.1, 0.15) is 17.5 Å². The highest BCUT2D eigenvalue weighted by Crippen LogP contribution is 2.35. The average Bonchev–Trinajstić information content (AvgIpc) is 3.03. The summed E-state index contributed by atoms with van der Waals surface area (Å²) < 4.78 is 12.0. The fourth-order valence-electron chi connectivity index (χ4n) is 3.07. The third kappa shape index (κ3) is 5.76. The van der Waals surface area contributed by atoms with Crippen LogP contribution < -0.4 is 9.47 Å². The lowest BCUT2D eigenvalue weighted by Crippen LogP contribution is -2.34. The molecule has 0 radical (unpaired) electrons. The Balaban J connectivity index is 1.78. The highest BCUT2D eigenvalue weighted by atomic mass is 32.2. The number of carbonyl (C=O) groups is 2. The quantitative estimate of drug-likeness (QED) is 0.437. The van der Waals surface area contributed by atoms with Crippen molar-refractivity contribution in [2.75, 3.05) is 19.8 Å². The molecule has 0 atom stereocenters. The van der Waals surface area contributed by atoms with Gasteiger partial charge in [0.05, 0.1) is 18.1 Å². The number of ether oxygens (including phenoxy) is 2. The molecule has 1 saturated heterocycles. The van der Waals surface area contributed by atoms with Crippen LogP contribution in [0.25, 0.3) is 6.08 Å². The van der Waals surface area contributed by atoms with Gasteiger partial charge in [-0.1, -0.05) is 48.2 Å². The monoisotopic (exact) mass is 471 g/mol. The van der Waals surface area contributed by atoms with E-state index < -0.39 is 12.4 Å². The summed E-state index contributed by atoms with van der Waals surface area (Å²) in [5.41, 5.74) is 4.27. The lowest BCUT2D eigenvalue weighted by atomic mass is 10.1. The zero-order chi connectivity index (χ0) is 23.3. The maximum atomic E-state index is 12.6. The minimum absolute atomic E-state index is 0.228. The summed E-state index contributed by atoms with van der Waals surface area (Å²) in [6.45, 7) is 6.06. The molecule has 0 aliphatic carbocycles. The first-order valence-corrected chi connectivity index (χ1v) is 11.4. The van der Waals surface area contributed by atoms with Crippen LogP contribution >= 0.6 is 24.0 Å². The highest BCUT2D eigenvalue weighted by molar-refractivity contribution is 8.26. The van der Waals surface area contributed by atoms with E-state index in [0.29, 0.717) is 33.9 Å². The molecule has 0 saturated carbocycles. The van der Waals surface area contributed by atoms with E-state index in [9.17, 15) is 9.59 Å². The van der Waals surface area contributed by atoms with Crippen molar-refractivity contribution in [2.24, 2.45) is 0 Å². The van der Waals surface area contributed by atoms with E-state index in [0.717, 1.165) is 22.9 Å². The van der Waals surface area contributed by atoms with Gasteiger partial charge in [0, 0.05) is 0 Å². The maximum Gasteiger partial charge on any atom is 0.266 e. The summed E-state index contributed by atoms with van der Waals surface area (Å²) in [6.07, 6.45) is 1.71. The smallest absolute Gasteiger partial charge is 0.266 e. The van der Waals surface area contributed by atoms with E-state index in [1.54, 1.807) is 6.08 Å². The minimum Gasteiger partial charge on any atom is -0.490 e. The minimum atomic E-state index is -0.628. The Hall–Kier alpha value is -2.68. The Bertz CT molecular complexity index is 1080. The van der Waals surface area contributed by atoms with Crippen LogP contribution in [0.3, 0.4) is 0 Å². The predicted molar refractivity (Wildman–Crippen MR) is 130 cm³/mol. The van der Waals surface area contributed by atoms with Crippen molar-refractivity contribution in [3.63, 3.8) is 0 Å². The van der Waals surface area contributed by atoms with Crippen LogP contribution in [0.5, 0.6) is 11.5 Å². The van der Waals surface area contributed by atoms with Crippen molar-refractivity contribution < 1.29 is 24.2 Å². The van der Waals surface area contributed by atoms with Crippen molar-refractivity contribution in [1.82, 2.24) is 4.90 Å². The van der Waals surface area contributed by atoms with E-state index in [4.69, 9.17) is 26.8 Å². The molecule has 8 heteroatoms. The Morgan fingerprint density at radius 2 is 1.91 bits per heavy atom. The number of aryl methyl sites for hydroxylation is 2. The molecule has 1 N–H and O–H groups in total. The number of aliphatic hydroxyl groups is 1. The number of amides is 1. The first-order valence-electron chi connectivity index (χ1n) is 10.2. The average molecular weight is 472 g/mol. The lowest BCUT2D eigenvalue weighted by Gasteiger charge is -2.13. The molecular formula is C24H25NO5S2. The van der Waals surface area contributed by atoms with Gasteiger partial charge in [-0.05, 0) is 61.2 Å². The van der Waals surface area contributed by atoms with Crippen molar-refractivity contribution in [3.05, 3.63) is 63.6 Å². The Kier molecular flexibility index (Phi) is 8.06. The fourth-order valence-corrected chi connectivity index (χ4v) is 4.33. The number of hydrogen-bond donors (Lipinski definition) is 1. The van der Waals surface area contributed by atoms with Gasteiger partial charge in [-0.3, -0.25) is 14.5 Å². The van der Waals surface area contributed by atoms with Gasteiger partial charge in [0.2, 0.25) is 0 Å². The van der Waals surface area contributed by atoms with Gasteiger partial charge in [0.15, 0.2) is 17.3 Å². The largest absolute Gasteiger partial charge is 0.490 e. The number of rotatable bonds is 9. The number of aliphatic hydroxyl groups excluding tert-OH is 1. The molecule has 2 aromatic carbocycles. The first kappa shape index (κ1) is 24.0. The van der Waals surface area contributed by atoms with Crippen LogP contribution in [0.15, 0.2) is 41.3 Å². The molecule has 168 valence electrons. The van der Waals surface area contributed by atoms with Crippen molar-refractivity contribution in [1.29, 1.82) is 0 Å². The van der Waals surface area contributed by atoms with Gasteiger partial charge < -0.3 is 14.6 Å². The fraction of sp³-hybridized carbons (Fsp3) is 0.292. The van der Waals surface area contributed by atoms with Crippen LogP contribution in [0, 0.1) is 13.8 Å². The number of Topliss-reactive ketones (excluding diaryl/α,β-unsaturated/α-hetero) is 1. The number of ketones is 1. The topological polar surface area (TPSA) is 76.1 Å². The number of thiocarbonyl (C=S) groups is 1. The van der Waals surface area contributed by atoms with Gasteiger partial charge in [0.25, 0.3) is 5.91 Å². The van der Waals surface area contributed by atoms with Gasteiger partial charge in [-0.15, -0.1) is 0 Å². The van der Waals surface area contributed by atoms with Gasteiger partial charge in [-0.25, -0.2) is 0 Å². The summed E-state index contributed by atoms with van der Waals surface area (Å²) in [5.74, 6) is 0.376. The van der Waals surface area contributed by atoms with E-state index in [-0.39, 0.29) is 12.5 Å². The normalized spacial score (nSPS) is 14.9. The first-order chi connectivity index (χ1) is 15.3. The Morgan fingerprint density at radius 3 is 2.59 bits per heavy atom. The van der Waals surface area contributed by atoms with Crippen LogP contribution in [0.2, 0.25) is 0 Å².